The van der Waals surface area contributed by atoms with Crippen molar-refractivity contribution in [2.24, 2.45) is 0 Å². The Hall–Kier alpha value is -2.53. The van der Waals surface area contributed by atoms with Crippen molar-refractivity contribution in [2.75, 3.05) is 6.54 Å². The van der Waals surface area contributed by atoms with E-state index in [0.29, 0.717) is 11.7 Å². The highest BCUT2D eigenvalue weighted by Gasteiger charge is 2.29. The van der Waals surface area contributed by atoms with Gasteiger partial charge in [-0.2, -0.15) is 4.98 Å². The molecule has 0 radical (unpaired) electrons. The quantitative estimate of drug-likeness (QED) is 0.717. The molecule has 0 N–H and O–H groups in total. The molecule has 4 rings (SSSR count). The molecule has 5 heteroatoms. The van der Waals surface area contributed by atoms with Crippen molar-refractivity contribution < 1.29 is 4.52 Å². The highest BCUT2D eigenvalue weighted by atomic mass is 16.5. The van der Waals surface area contributed by atoms with Crippen LogP contribution in [0.3, 0.4) is 0 Å². The lowest BCUT2D eigenvalue weighted by Crippen LogP contribution is -2.33. The van der Waals surface area contributed by atoms with Crippen molar-refractivity contribution in [3.63, 3.8) is 0 Å². The molecule has 0 amide bonds. The Morgan fingerprint density at radius 3 is 2.84 bits per heavy atom. The van der Waals surface area contributed by atoms with E-state index in [-0.39, 0.29) is 6.04 Å². The third kappa shape index (κ3) is 3.61. The summed E-state index contributed by atoms with van der Waals surface area (Å²) in [6, 6.07) is 12.8. The van der Waals surface area contributed by atoms with Gasteiger partial charge in [-0.15, -0.1) is 0 Å². The molecule has 3 aromatic rings. The number of rotatable bonds is 4. The Morgan fingerprint density at radius 2 is 2.04 bits per heavy atom. The SMILES string of the molecule is Cc1ccc(CN2CCCC[C@@H]2c2nc(-c3cccnc3)no2)cc1. The minimum absolute atomic E-state index is 0.188. The summed E-state index contributed by atoms with van der Waals surface area (Å²) in [6.45, 7) is 4.09. The van der Waals surface area contributed by atoms with Crippen LogP contribution in [-0.2, 0) is 6.54 Å². The van der Waals surface area contributed by atoms with Gasteiger partial charge in [0.25, 0.3) is 0 Å². The van der Waals surface area contributed by atoms with Crippen molar-refractivity contribution in [2.45, 2.75) is 38.8 Å². The van der Waals surface area contributed by atoms with Crippen LogP contribution >= 0.6 is 0 Å². The Kier molecular flexibility index (Phi) is 4.57. The Morgan fingerprint density at radius 1 is 1.16 bits per heavy atom. The van der Waals surface area contributed by atoms with E-state index >= 15 is 0 Å². The molecule has 0 saturated carbocycles. The maximum absolute atomic E-state index is 5.62. The first-order valence-corrected chi connectivity index (χ1v) is 8.83. The molecule has 1 atom stereocenters. The zero-order valence-corrected chi connectivity index (χ0v) is 14.4. The molecule has 25 heavy (non-hydrogen) atoms. The zero-order chi connectivity index (χ0) is 17.1. The van der Waals surface area contributed by atoms with E-state index in [0.717, 1.165) is 25.1 Å². The number of aromatic nitrogens is 3. The summed E-state index contributed by atoms with van der Waals surface area (Å²) in [6.07, 6.45) is 6.97. The molecule has 128 valence electrons. The third-order valence-electron chi connectivity index (χ3n) is 4.77. The average molecular weight is 334 g/mol. The fourth-order valence-electron chi connectivity index (χ4n) is 3.37. The van der Waals surface area contributed by atoms with Gasteiger partial charge in [0, 0.05) is 24.5 Å². The number of aryl methyl sites for hydroxylation is 1. The van der Waals surface area contributed by atoms with Gasteiger partial charge in [-0.3, -0.25) is 9.88 Å². The second-order valence-electron chi connectivity index (χ2n) is 6.67. The minimum atomic E-state index is 0.188. The largest absolute Gasteiger partial charge is 0.337 e. The van der Waals surface area contributed by atoms with Crippen molar-refractivity contribution in [3.8, 4) is 11.4 Å². The number of likely N-dealkylation sites (tertiary alicyclic amines) is 1. The van der Waals surface area contributed by atoms with Gasteiger partial charge in [0.2, 0.25) is 11.7 Å². The van der Waals surface area contributed by atoms with Crippen molar-refractivity contribution >= 4 is 0 Å². The monoisotopic (exact) mass is 334 g/mol. The van der Waals surface area contributed by atoms with E-state index in [1.807, 2.05) is 12.1 Å². The normalized spacial score (nSPS) is 18.4. The number of benzene rings is 1. The fourth-order valence-corrected chi connectivity index (χ4v) is 3.37. The van der Waals surface area contributed by atoms with Gasteiger partial charge in [0.15, 0.2) is 0 Å². The van der Waals surface area contributed by atoms with Gasteiger partial charge in [0.05, 0.1) is 6.04 Å². The first-order chi connectivity index (χ1) is 12.3. The van der Waals surface area contributed by atoms with E-state index in [4.69, 9.17) is 4.52 Å². The summed E-state index contributed by atoms with van der Waals surface area (Å²) < 4.78 is 5.62. The summed E-state index contributed by atoms with van der Waals surface area (Å²) in [4.78, 5) is 11.2. The Bertz CT molecular complexity index is 813. The van der Waals surface area contributed by atoms with Gasteiger partial charge in [-0.25, -0.2) is 0 Å². The summed E-state index contributed by atoms with van der Waals surface area (Å²) in [5.74, 6) is 1.33. The summed E-state index contributed by atoms with van der Waals surface area (Å²) in [5, 5.41) is 4.16. The van der Waals surface area contributed by atoms with Gasteiger partial charge in [-0.05, 0) is 44.0 Å². The second kappa shape index (κ2) is 7.15. The molecular formula is C20H22N4O. The Labute approximate surface area is 147 Å². The average Bonchev–Trinajstić information content (AvgIpc) is 3.15. The lowest BCUT2D eigenvalue weighted by molar-refractivity contribution is 0.111. The van der Waals surface area contributed by atoms with Crippen LogP contribution in [0, 0.1) is 6.92 Å². The molecule has 0 bridgehead atoms. The topological polar surface area (TPSA) is 55.1 Å². The smallest absolute Gasteiger partial charge is 0.244 e. The zero-order valence-electron chi connectivity index (χ0n) is 14.4. The van der Waals surface area contributed by atoms with E-state index in [1.165, 1.54) is 24.0 Å². The van der Waals surface area contributed by atoms with E-state index in [9.17, 15) is 0 Å². The summed E-state index contributed by atoms with van der Waals surface area (Å²) >= 11 is 0. The van der Waals surface area contributed by atoms with E-state index < -0.39 is 0 Å². The van der Waals surface area contributed by atoms with E-state index in [2.05, 4.69) is 51.2 Å². The number of piperidine rings is 1. The molecule has 1 aliphatic rings. The van der Waals surface area contributed by atoms with Crippen LogP contribution in [0.5, 0.6) is 0 Å². The van der Waals surface area contributed by atoms with Crippen molar-refractivity contribution in [1.82, 2.24) is 20.0 Å². The predicted octanol–water partition coefficient (Wildman–Crippen LogP) is 4.17. The molecule has 1 saturated heterocycles. The lowest BCUT2D eigenvalue weighted by Gasteiger charge is -2.33. The molecule has 5 nitrogen and oxygen atoms in total. The van der Waals surface area contributed by atoms with Gasteiger partial charge in [-0.1, -0.05) is 41.4 Å². The third-order valence-corrected chi connectivity index (χ3v) is 4.77. The number of nitrogens with zero attached hydrogens (tertiary/aromatic N) is 4. The molecule has 0 spiro atoms. The van der Waals surface area contributed by atoms with Crippen LogP contribution in [0.25, 0.3) is 11.4 Å². The first-order valence-electron chi connectivity index (χ1n) is 8.83. The first kappa shape index (κ1) is 16.0. The molecule has 0 aliphatic carbocycles. The van der Waals surface area contributed by atoms with Crippen LogP contribution in [0.4, 0.5) is 0 Å². The van der Waals surface area contributed by atoms with Gasteiger partial charge < -0.3 is 4.52 Å². The summed E-state index contributed by atoms with van der Waals surface area (Å²) in [7, 11) is 0. The van der Waals surface area contributed by atoms with Gasteiger partial charge >= 0.3 is 0 Å². The maximum atomic E-state index is 5.62. The second-order valence-corrected chi connectivity index (χ2v) is 6.67. The highest BCUT2D eigenvalue weighted by Crippen LogP contribution is 2.32. The standard InChI is InChI=1S/C20H22N4O/c1-15-7-9-16(10-8-15)14-24-12-3-2-6-18(24)20-22-19(23-25-20)17-5-4-11-21-13-17/h4-5,7-11,13,18H,2-3,6,12,14H2,1H3/t18-/m1/s1. The number of hydrogen-bond acceptors (Lipinski definition) is 5. The van der Waals surface area contributed by atoms with Crippen LogP contribution < -0.4 is 0 Å². The lowest BCUT2D eigenvalue weighted by atomic mass is 10.0. The molecule has 1 aromatic carbocycles. The number of hydrogen-bond donors (Lipinski definition) is 0. The highest BCUT2D eigenvalue weighted by molar-refractivity contribution is 5.51. The predicted molar refractivity (Wildman–Crippen MR) is 95.7 cm³/mol. The fraction of sp³-hybridized carbons (Fsp3) is 0.350. The van der Waals surface area contributed by atoms with Crippen LogP contribution in [-0.4, -0.2) is 26.6 Å². The van der Waals surface area contributed by atoms with Crippen LogP contribution in [0.15, 0.2) is 53.3 Å². The molecule has 2 aromatic heterocycles. The molecular weight excluding hydrogens is 312 g/mol. The molecule has 0 unspecified atom stereocenters. The molecule has 1 aliphatic heterocycles. The van der Waals surface area contributed by atoms with Gasteiger partial charge in [0.1, 0.15) is 0 Å². The molecule has 1 fully saturated rings. The van der Waals surface area contributed by atoms with E-state index in [1.54, 1.807) is 12.4 Å². The minimum Gasteiger partial charge on any atom is -0.337 e. The van der Waals surface area contributed by atoms with Crippen molar-refractivity contribution in [3.05, 3.63) is 65.8 Å². The van der Waals surface area contributed by atoms with Crippen LogP contribution in [0.1, 0.15) is 42.3 Å². The number of pyridine rings is 1. The maximum Gasteiger partial charge on any atom is 0.244 e. The van der Waals surface area contributed by atoms with Crippen molar-refractivity contribution in [1.29, 1.82) is 0 Å². The summed E-state index contributed by atoms with van der Waals surface area (Å²) in [5.41, 5.74) is 3.50. The Balaban J connectivity index is 1.55. The van der Waals surface area contributed by atoms with Crippen LogP contribution in [0.2, 0.25) is 0 Å². The molecule has 3 heterocycles.